The van der Waals surface area contributed by atoms with Gasteiger partial charge in [0.2, 0.25) is 5.91 Å². The van der Waals surface area contributed by atoms with Gasteiger partial charge in [0.1, 0.15) is 49.8 Å². The van der Waals surface area contributed by atoms with E-state index in [2.05, 4.69) is 5.32 Å². The van der Waals surface area contributed by atoms with Crippen molar-refractivity contribution < 1.29 is 66.6 Å². The lowest BCUT2D eigenvalue weighted by Crippen LogP contribution is -2.69. The van der Waals surface area contributed by atoms with Crippen LogP contribution in [0.15, 0.2) is 60.7 Å². The third-order valence-corrected chi connectivity index (χ3v) is 7.69. The number of alkyl halides is 1. The SMILES string of the molecule is CC(=O)N[C@H]1[C@H](O[C@H]2[C@@H](OCc3ccccc3)[C@H](OCc3ccccc3)[C@@H](CF)O[C@@H]2O)O[C@H](COC(C)=O)[C@@H](OC(C)=O)[C@@H]1OC(C)=O. The Kier molecular flexibility index (Phi) is 14.0. The van der Waals surface area contributed by atoms with Gasteiger partial charge in [-0.15, -0.1) is 0 Å². The summed E-state index contributed by atoms with van der Waals surface area (Å²) in [6, 6.07) is 16.9. The van der Waals surface area contributed by atoms with Gasteiger partial charge in [-0.05, 0) is 11.1 Å². The van der Waals surface area contributed by atoms with E-state index in [-0.39, 0.29) is 13.2 Å². The van der Waals surface area contributed by atoms with Crippen LogP contribution < -0.4 is 5.32 Å². The van der Waals surface area contributed by atoms with Crippen molar-refractivity contribution >= 4 is 23.8 Å². The summed E-state index contributed by atoms with van der Waals surface area (Å²) < 4.78 is 61.2. The molecule has 1 amide bonds. The first kappa shape index (κ1) is 37.8. The van der Waals surface area contributed by atoms with Gasteiger partial charge in [-0.3, -0.25) is 19.2 Å². The van der Waals surface area contributed by atoms with E-state index in [1.54, 1.807) is 0 Å². The predicted octanol–water partition coefficient (Wildman–Crippen LogP) is 1.89. The van der Waals surface area contributed by atoms with Crippen molar-refractivity contribution in [3.05, 3.63) is 71.8 Å². The first-order chi connectivity index (χ1) is 23.5. The molecule has 49 heavy (non-hydrogen) atoms. The van der Waals surface area contributed by atoms with Crippen LogP contribution in [0.3, 0.4) is 0 Å². The number of hydrogen-bond donors (Lipinski definition) is 2. The number of halogens is 1. The number of aliphatic hydroxyl groups excluding tert-OH is 1. The number of esters is 3. The maximum absolute atomic E-state index is 14.5. The van der Waals surface area contributed by atoms with Gasteiger partial charge in [0.05, 0.1) is 13.2 Å². The number of ether oxygens (including phenoxy) is 8. The van der Waals surface area contributed by atoms with E-state index in [9.17, 15) is 28.7 Å². The number of carbonyl (C=O) groups is 4. The van der Waals surface area contributed by atoms with Gasteiger partial charge in [-0.1, -0.05) is 60.7 Å². The summed E-state index contributed by atoms with van der Waals surface area (Å²) in [7, 11) is 0. The average Bonchev–Trinajstić information content (AvgIpc) is 3.06. The van der Waals surface area contributed by atoms with E-state index in [4.69, 9.17) is 37.9 Å². The standard InChI is InChI=1S/C34H42FNO13/c1-19(37)36-27-30(46-22(4)40)29(45-21(3)39)26(18-42-20(2)38)48-34(27)49-32-31(44-17-24-13-9-6-10-14-24)28(25(15-35)47-33(32)41)43-16-23-11-7-5-8-12-23/h5-14,25-34,41H,15-18H2,1-4H3,(H,36,37)/t25-,26-,27-,28-,29-,30-,31+,32+,33+,34+/m1/s1. The lowest BCUT2D eigenvalue weighted by Gasteiger charge is -2.48. The molecule has 0 radical (unpaired) electrons. The van der Waals surface area contributed by atoms with Crippen LogP contribution >= 0.6 is 0 Å². The number of nitrogens with one attached hydrogen (secondary N) is 1. The molecule has 0 unspecified atom stereocenters. The highest BCUT2D eigenvalue weighted by atomic mass is 19.1. The summed E-state index contributed by atoms with van der Waals surface area (Å²) in [5.74, 6) is -2.86. The summed E-state index contributed by atoms with van der Waals surface area (Å²) in [4.78, 5) is 48.6. The number of hydrogen-bond acceptors (Lipinski definition) is 13. The highest BCUT2D eigenvalue weighted by molar-refractivity contribution is 5.73. The van der Waals surface area contributed by atoms with Gasteiger partial charge in [-0.2, -0.15) is 0 Å². The largest absolute Gasteiger partial charge is 0.463 e. The molecule has 268 valence electrons. The molecule has 0 bridgehead atoms. The van der Waals surface area contributed by atoms with Crippen molar-refractivity contribution in [2.24, 2.45) is 0 Å². The Bertz CT molecular complexity index is 1380. The zero-order chi connectivity index (χ0) is 35.5. The Balaban J connectivity index is 1.72. The molecule has 10 atom stereocenters. The topological polar surface area (TPSA) is 174 Å². The molecule has 2 saturated heterocycles. The normalized spacial score (nSPS) is 29.8. The molecule has 2 heterocycles. The minimum Gasteiger partial charge on any atom is -0.463 e. The lowest BCUT2D eigenvalue weighted by molar-refractivity contribution is -0.356. The summed E-state index contributed by atoms with van der Waals surface area (Å²) in [5, 5.41) is 13.9. The van der Waals surface area contributed by atoms with Crippen LogP contribution in [0.2, 0.25) is 0 Å². The zero-order valence-corrected chi connectivity index (χ0v) is 27.6. The lowest BCUT2D eigenvalue weighted by atomic mass is 9.95. The second-order valence-electron chi connectivity index (χ2n) is 11.6. The predicted molar refractivity (Wildman–Crippen MR) is 166 cm³/mol. The minimum absolute atomic E-state index is 0.00259. The van der Waals surface area contributed by atoms with Crippen molar-refractivity contribution in [3.8, 4) is 0 Å². The Morgan fingerprint density at radius 3 is 1.78 bits per heavy atom. The van der Waals surface area contributed by atoms with E-state index in [1.807, 2.05) is 60.7 Å². The molecule has 4 rings (SSSR count). The van der Waals surface area contributed by atoms with Crippen molar-refractivity contribution in [3.63, 3.8) is 0 Å². The molecule has 2 aliphatic heterocycles. The molecule has 15 heteroatoms. The average molecular weight is 692 g/mol. The van der Waals surface area contributed by atoms with E-state index in [1.165, 1.54) is 6.92 Å². The van der Waals surface area contributed by atoms with Crippen LogP contribution in [-0.2, 0) is 70.3 Å². The highest BCUT2D eigenvalue weighted by Crippen LogP contribution is 2.34. The molecular formula is C34H42FNO13. The molecule has 0 aromatic heterocycles. The van der Waals surface area contributed by atoms with Crippen molar-refractivity contribution in [1.29, 1.82) is 0 Å². The molecule has 0 spiro atoms. The fraction of sp³-hybridized carbons (Fsp3) is 0.529. The number of carbonyl (C=O) groups excluding carboxylic acids is 4. The van der Waals surface area contributed by atoms with Gasteiger partial charge in [0, 0.05) is 27.7 Å². The second kappa shape index (κ2) is 18.1. The van der Waals surface area contributed by atoms with Crippen LogP contribution in [0.1, 0.15) is 38.8 Å². The van der Waals surface area contributed by atoms with E-state index >= 15 is 0 Å². The monoisotopic (exact) mass is 691 g/mol. The number of benzene rings is 2. The number of amides is 1. The van der Waals surface area contributed by atoms with Gasteiger partial charge >= 0.3 is 17.9 Å². The Hall–Kier alpha value is -3.99. The van der Waals surface area contributed by atoms with Gasteiger partial charge in [0.25, 0.3) is 0 Å². The first-order valence-electron chi connectivity index (χ1n) is 15.7. The molecule has 2 fully saturated rings. The Morgan fingerprint density at radius 1 is 0.714 bits per heavy atom. The van der Waals surface area contributed by atoms with Crippen LogP contribution in [0, 0.1) is 0 Å². The zero-order valence-electron chi connectivity index (χ0n) is 27.6. The summed E-state index contributed by atoms with van der Waals surface area (Å²) >= 11 is 0. The fourth-order valence-electron chi connectivity index (χ4n) is 5.65. The van der Waals surface area contributed by atoms with Gasteiger partial charge in [-0.25, -0.2) is 4.39 Å². The smallest absolute Gasteiger partial charge is 0.303 e. The van der Waals surface area contributed by atoms with Crippen LogP contribution in [0.5, 0.6) is 0 Å². The van der Waals surface area contributed by atoms with Crippen LogP contribution in [0.25, 0.3) is 0 Å². The molecule has 0 aliphatic carbocycles. The van der Waals surface area contributed by atoms with Gasteiger partial charge in [0.15, 0.2) is 24.8 Å². The minimum atomic E-state index is -1.80. The van der Waals surface area contributed by atoms with Crippen molar-refractivity contribution in [2.75, 3.05) is 13.3 Å². The number of aliphatic hydroxyl groups is 1. The molecule has 2 N–H and O–H groups in total. The third-order valence-electron chi connectivity index (χ3n) is 7.69. The van der Waals surface area contributed by atoms with E-state index in [0.29, 0.717) is 0 Å². The van der Waals surface area contributed by atoms with Crippen LogP contribution in [0.4, 0.5) is 4.39 Å². The molecule has 2 aromatic rings. The Labute approximate surface area is 283 Å². The quantitative estimate of drug-likeness (QED) is 0.217. The van der Waals surface area contributed by atoms with Crippen LogP contribution in [-0.4, -0.2) is 104 Å². The molecule has 2 aliphatic rings. The van der Waals surface area contributed by atoms with Crippen molar-refractivity contribution in [2.45, 2.75) is 102 Å². The fourth-order valence-corrected chi connectivity index (χ4v) is 5.65. The van der Waals surface area contributed by atoms with Gasteiger partial charge < -0.3 is 48.3 Å². The second-order valence-corrected chi connectivity index (χ2v) is 11.6. The number of rotatable bonds is 14. The summed E-state index contributed by atoms with van der Waals surface area (Å²) in [6.45, 7) is 3.11. The summed E-state index contributed by atoms with van der Waals surface area (Å²) in [5.41, 5.74) is 1.53. The molecule has 0 saturated carbocycles. The maximum Gasteiger partial charge on any atom is 0.303 e. The molecule has 2 aromatic carbocycles. The van der Waals surface area contributed by atoms with E-state index in [0.717, 1.165) is 31.9 Å². The maximum atomic E-state index is 14.5. The summed E-state index contributed by atoms with van der Waals surface area (Å²) in [6.07, 6.45) is -12.5. The molecule has 14 nitrogen and oxygen atoms in total. The molecular weight excluding hydrogens is 649 g/mol. The highest BCUT2D eigenvalue weighted by Gasteiger charge is 2.55. The Morgan fingerprint density at radius 2 is 1.27 bits per heavy atom. The van der Waals surface area contributed by atoms with E-state index < -0.39 is 98.4 Å². The van der Waals surface area contributed by atoms with Crippen molar-refractivity contribution in [1.82, 2.24) is 5.32 Å². The third kappa shape index (κ3) is 10.7. The first-order valence-corrected chi connectivity index (χ1v) is 15.7.